The first-order valence-corrected chi connectivity index (χ1v) is 11.0. The first kappa shape index (κ1) is 19.0. The Morgan fingerprint density at radius 3 is 2.74 bits per heavy atom. The Bertz CT molecular complexity index is 673. The molecule has 1 unspecified atom stereocenters. The summed E-state index contributed by atoms with van der Waals surface area (Å²) in [5, 5.41) is 10.4. The molecular weight excluding hydrogens is 364 g/mol. The maximum absolute atomic E-state index is 12.7. The van der Waals surface area contributed by atoms with Crippen LogP contribution >= 0.6 is 11.8 Å². The van der Waals surface area contributed by atoms with Gasteiger partial charge in [-0.1, -0.05) is 11.8 Å². The number of cyclic esters (lactones) is 1. The van der Waals surface area contributed by atoms with Gasteiger partial charge in [-0.15, -0.1) is 0 Å². The van der Waals surface area contributed by atoms with E-state index in [1.54, 1.807) is 6.20 Å². The summed E-state index contributed by atoms with van der Waals surface area (Å²) in [6.07, 6.45) is 7.68. The highest BCUT2D eigenvalue weighted by atomic mass is 32.2. The van der Waals surface area contributed by atoms with Gasteiger partial charge in [0.1, 0.15) is 11.9 Å². The van der Waals surface area contributed by atoms with Gasteiger partial charge in [0.05, 0.1) is 11.5 Å². The number of aliphatic hydroxyl groups excluding tert-OH is 1. The fourth-order valence-electron chi connectivity index (χ4n) is 4.51. The Hall–Kier alpha value is -1.38. The highest BCUT2D eigenvalue weighted by Crippen LogP contribution is 2.44. The molecule has 3 saturated heterocycles. The van der Waals surface area contributed by atoms with E-state index in [-0.39, 0.29) is 23.6 Å². The number of rotatable bonds is 4. The van der Waals surface area contributed by atoms with Gasteiger partial charge < -0.3 is 14.7 Å². The minimum atomic E-state index is -0.328. The second-order valence-corrected chi connectivity index (χ2v) is 8.71. The summed E-state index contributed by atoms with van der Waals surface area (Å²) in [5.74, 6) is 0.927. The van der Waals surface area contributed by atoms with Gasteiger partial charge in [0.15, 0.2) is 5.16 Å². The molecule has 3 fully saturated rings. The minimum Gasteiger partial charge on any atom is -0.461 e. The summed E-state index contributed by atoms with van der Waals surface area (Å²) in [6.45, 7) is 4.22. The quantitative estimate of drug-likeness (QED) is 0.470. The Labute approximate surface area is 164 Å². The van der Waals surface area contributed by atoms with Crippen LogP contribution in [-0.4, -0.2) is 77.1 Å². The number of aliphatic hydroxyl groups is 1. The van der Waals surface area contributed by atoms with Crippen molar-refractivity contribution in [1.29, 1.82) is 0 Å². The van der Waals surface area contributed by atoms with Gasteiger partial charge in [-0.2, -0.15) is 0 Å². The molecule has 1 aromatic rings. The van der Waals surface area contributed by atoms with E-state index in [1.807, 2.05) is 12.3 Å². The first-order chi connectivity index (χ1) is 13.1. The van der Waals surface area contributed by atoms with E-state index >= 15 is 0 Å². The van der Waals surface area contributed by atoms with Crippen molar-refractivity contribution in [3.8, 4) is 0 Å². The third kappa shape index (κ3) is 4.07. The number of anilines is 1. The van der Waals surface area contributed by atoms with Crippen LogP contribution in [0.25, 0.3) is 0 Å². The second-order valence-electron chi connectivity index (χ2n) is 7.93. The number of hydrogen-bond acceptors (Lipinski definition) is 8. The summed E-state index contributed by atoms with van der Waals surface area (Å²) < 4.78 is 5.77. The van der Waals surface area contributed by atoms with Crippen molar-refractivity contribution >= 4 is 23.5 Å². The molecule has 1 spiro atoms. The number of nitrogens with zero attached hydrogens (tertiary/aromatic N) is 4. The van der Waals surface area contributed by atoms with Gasteiger partial charge in [0.2, 0.25) is 0 Å². The van der Waals surface area contributed by atoms with Crippen molar-refractivity contribution < 1.29 is 14.6 Å². The zero-order valence-corrected chi connectivity index (χ0v) is 16.7. The van der Waals surface area contributed by atoms with Gasteiger partial charge >= 0.3 is 5.97 Å². The third-order valence-corrected chi connectivity index (χ3v) is 6.75. The highest BCUT2D eigenvalue weighted by molar-refractivity contribution is 7.98. The number of ether oxygens (including phenoxy) is 1. The Balaban J connectivity index is 1.34. The molecule has 0 aliphatic carbocycles. The molecule has 8 heteroatoms. The van der Waals surface area contributed by atoms with Gasteiger partial charge in [-0.05, 0) is 38.0 Å². The lowest BCUT2D eigenvalue weighted by Gasteiger charge is -2.37. The molecule has 3 aliphatic rings. The molecular formula is C19H28N4O3S. The molecule has 1 atom stereocenters. The fourth-order valence-corrected chi connectivity index (χ4v) is 4.86. The van der Waals surface area contributed by atoms with Crippen LogP contribution in [0, 0.1) is 5.41 Å². The fraction of sp³-hybridized carbons (Fsp3) is 0.737. The zero-order valence-electron chi connectivity index (χ0n) is 15.8. The number of thioether (sulfide) groups is 1. The van der Waals surface area contributed by atoms with E-state index in [9.17, 15) is 9.90 Å². The Morgan fingerprint density at radius 1 is 1.30 bits per heavy atom. The lowest BCUT2D eigenvalue weighted by Crippen LogP contribution is -2.43. The number of aromatic nitrogens is 2. The first-order valence-electron chi connectivity index (χ1n) is 9.81. The normalized spacial score (nSPS) is 26.5. The van der Waals surface area contributed by atoms with E-state index in [2.05, 4.69) is 19.8 Å². The summed E-state index contributed by atoms with van der Waals surface area (Å²) >= 11 is 1.54. The SMILES string of the molecule is CSc1nccc(N2CCC3(CC2)CC(CN2CCC(O)CC2)OC3=O)n1. The second kappa shape index (κ2) is 7.93. The van der Waals surface area contributed by atoms with Crippen LogP contribution in [0.5, 0.6) is 0 Å². The van der Waals surface area contributed by atoms with E-state index in [1.165, 1.54) is 11.8 Å². The van der Waals surface area contributed by atoms with Crippen LogP contribution in [0.4, 0.5) is 5.82 Å². The molecule has 4 heterocycles. The third-order valence-electron chi connectivity index (χ3n) is 6.19. The van der Waals surface area contributed by atoms with Crippen molar-refractivity contribution in [3.05, 3.63) is 12.3 Å². The highest BCUT2D eigenvalue weighted by Gasteiger charge is 2.50. The number of likely N-dealkylation sites (tertiary alicyclic amines) is 1. The molecule has 4 rings (SSSR count). The van der Waals surface area contributed by atoms with Crippen LogP contribution in [0.2, 0.25) is 0 Å². The largest absolute Gasteiger partial charge is 0.461 e. The van der Waals surface area contributed by atoms with E-state index in [0.29, 0.717) is 0 Å². The average Bonchev–Trinajstić information content (AvgIpc) is 2.99. The lowest BCUT2D eigenvalue weighted by atomic mass is 9.76. The van der Waals surface area contributed by atoms with E-state index < -0.39 is 0 Å². The molecule has 1 N–H and O–H groups in total. The lowest BCUT2D eigenvalue weighted by molar-refractivity contribution is -0.150. The molecule has 0 bridgehead atoms. The molecule has 1 aromatic heterocycles. The van der Waals surface area contributed by atoms with Crippen LogP contribution in [0.1, 0.15) is 32.1 Å². The maximum Gasteiger partial charge on any atom is 0.312 e. The Kier molecular flexibility index (Phi) is 5.57. The molecule has 0 radical (unpaired) electrons. The molecule has 27 heavy (non-hydrogen) atoms. The van der Waals surface area contributed by atoms with Gasteiger partial charge in [-0.3, -0.25) is 9.69 Å². The minimum absolute atomic E-state index is 0.0126. The topological polar surface area (TPSA) is 78.8 Å². The number of carbonyl (C=O) groups excluding carboxylic acids is 1. The summed E-state index contributed by atoms with van der Waals surface area (Å²) in [6, 6.07) is 1.94. The van der Waals surface area contributed by atoms with Crippen molar-refractivity contribution in [2.75, 3.05) is 43.9 Å². The molecule has 7 nitrogen and oxygen atoms in total. The van der Waals surface area contributed by atoms with Crippen LogP contribution in [-0.2, 0) is 9.53 Å². The summed E-state index contributed by atoms with van der Waals surface area (Å²) in [5.41, 5.74) is -0.328. The predicted molar refractivity (Wildman–Crippen MR) is 104 cm³/mol. The van der Waals surface area contributed by atoms with Crippen LogP contribution < -0.4 is 4.90 Å². The maximum atomic E-state index is 12.7. The van der Waals surface area contributed by atoms with E-state index in [4.69, 9.17) is 4.74 Å². The predicted octanol–water partition coefficient (Wildman–Crippen LogP) is 1.56. The zero-order chi connectivity index (χ0) is 18.9. The van der Waals surface area contributed by atoms with Gasteiger partial charge in [0, 0.05) is 45.3 Å². The molecule has 0 amide bonds. The van der Waals surface area contributed by atoms with Crippen LogP contribution in [0.3, 0.4) is 0 Å². The van der Waals surface area contributed by atoms with Gasteiger partial charge in [0.25, 0.3) is 0 Å². The van der Waals surface area contributed by atoms with Crippen molar-refractivity contribution in [3.63, 3.8) is 0 Å². The number of carbonyl (C=O) groups is 1. The smallest absolute Gasteiger partial charge is 0.312 e. The standard InChI is InChI=1S/C19H28N4O3S/c1-27-18-20-7-2-16(21-18)23-10-5-19(6-11-23)12-15(26-17(19)25)13-22-8-3-14(24)4-9-22/h2,7,14-15,24H,3-6,8-13H2,1H3. The molecule has 0 aromatic carbocycles. The monoisotopic (exact) mass is 392 g/mol. The average molecular weight is 393 g/mol. The number of hydrogen-bond donors (Lipinski definition) is 1. The molecule has 3 aliphatic heterocycles. The van der Waals surface area contributed by atoms with Crippen molar-refractivity contribution in [2.24, 2.45) is 5.41 Å². The summed E-state index contributed by atoms with van der Waals surface area (Å²) in [7, 11) is 0. The summed E-state index contributed by atoms with van der Waals surface area (Å²) in [4.78, 5) is 26.1. The van der Waals surface area contributed by atoms with Crippen LogP contribution in [0.15, 0.2) is 17.4 Å². The Morgan fingerprint density at radius 2 is 2.04 bits per heavy atom. The van der Waals surface area contributed by atoms with Gasteiger partial charge in [-0.25, -0.2) is 9.97 Å². The molecule has 148 valence electrons. The van der Waals surface area contributed by atoms with Crippen molar-refractivity contribution in [1.82, 2.24) is 14.9 Å². The van der Waals surface area contributed by atoms with Crippen molar-refractivity contribution in [2.45, 2.75) is 49.5 Å². The number of esters is 1. The molecule has 0 saturated carbocycles. The number of piperidine rings is 2. The van der Waals surface area contributed by atoms with E-state index in [0.717, 1.165) is 75.8 Å².